The minimum Gasteiger partial charge on any atom is -0.484 e. The van der Waals surface area contributed by atoms with E-state index in [9.17, 15) is 9.59 Å². The van der Waals surface area contributed by atoms with Crippen molar-refractivity contribution in [1.29, 1.82) is 0 Å². The molecule has 0 radical (unpaired) electrons. The van der Waals surface area contributed by atoms with Crippen LogP contribution in [0.1, 0.15) is 25.3 Å². The van der Waals surface area contributed by atoms with Crippen LogP contribution >= 0.6 is 0 Å². The lowest BCUT2D eigenvalue weighted by molar-refractivity contribution is -0.153. The Hall–Kier alpha value is -2.04. The third-order valence-corrected chi connectivity index (χ3v) is 4.12. The van der Waals surface area contributed by atoms with Crippen molar-refractivity contribution in [2.24, 2.45) is 5.41 Å². The summed E-state index contributed by atoms with van der Waals surface area (Å²) in [4.78, 5) is 24.9. The number of hydrogen-bond acceptors (Lipinski definition) is 3. The molecule has 0 aliphatic carbocycles. The molecular formula is C16H21NO4. The van der Waals surface area contributed by atoms with Crippen molar-refractivity contribution in [3.05, 3.63) is 29.8 Å². The lowest BCUT2D eigenvalue weighted by Gasteiger charge is -2.36. The molecule has 1 saturated heterocycles. The number of piperidine rings is 1. The van der Waals surface area contributed by atoms with Crippen LogP contribution in [0.2, 0.25) is 0 Å². The number of ether oxygens (including phenoxy) is 1. The van der Waals surface area contributed by atoms with Crippen molar-refractivity contribution in [3.63, 3.8) is 0 Å². The smallest absolute Gasteiger partial charge is 0.309 e. The van der Waals surface area contributed by atoms with Crippen molar-refractivity contribution in [2.45, 2.75) is 26.7 Å². The molecule has 0 unspecified atom stereocenters. The van der Waals surface area contributed by atoms with Gasteiger partial charge in [-0.05, 0) is 38.8 Å². The highest BCUT2D eigenvalue weighted by Gasteiger charge is 2.37. The predicted octanol–water partition coefficient (Wildman–Crippen LogP) is 2.09. The van der Waals surface area contributed by atoms with E-state index in [1.807, 2.05) is 31.2 Å². The minimum atomic E-state index is -0.787. The second-order valence-corrected chi connectivity index (χ2v) is 5.85. The molecule has 1 amide bonds. The second kappa shape index (κ2) is 6.16. The molecule has 2 rings (SSSR count). The normalized spacial score (nSPS) is 17.3. The summed E-state index contributed by atoms with van der Waals surface area (Å²) >= 11 is 0. The van der Waals surface area contributed by atoms with Gasteiger partial charge >= 0.3 is 5.97 Å². The lowest BCUT2D eigenvalue weighted by Crippen LogP contribution is -2.46. The summed E-state index contributed by atoms with van der Waals surface area (Å²) in [5, 5.41) is 9.17. The van der Waals surface area contributed by atoms with Crippen LogP contribution in [0.3, 0.4) is 0 Å². The summed E-state index contributed by atoms with van der Waals surface area (Å²) in [5.41, 5.74) is 0.423. The lowest BCUT2D eigenvalue weighted by atomic mass is 9.80. The van der Waals surface area contributed by atoms with Crippen LogP contribution in [0.4, 0.5) is 0 Å². The number of aliphatic carboxylic acids is 1. The largest absolute Gasteiger partial charge is 0.484 e. The van der Waals surface area contributed by atoms with Gasteiger partial charge in [-0.25, -0.2) is 0 Å². The molecule has 5 nitrogen and oxygen atoms in total. The molecule has 1 heterocycles. The van der Waals surface area contributed by atoms with Gasteiger partial charge in [-0.15, -0.1) is 0 Å². The number of carbonyl (C=O) groups excluding carboxylic acids is 1. The van der Waals surface area contributed by atoms with E-state index in [1.54, 1.807) is 11.8 Å². The van der Waals surface area contributed by atoms with E-state index in [1.165, 1.54) is 0 Å². The highest BCUT2D eigenvalue weighted by Crippen LogP contribution is 2.31. The number of rotatable bonds is 4. The number of nitrogens with zero attached hydrogens (tertiary/aromatic N) is 1. The standard InChI is InChI=1S/C16H21NO4/c1-12-3-5-13(6-4-12)21-11-14(18)17-9-7-16(2,8-10-17)15(19)20/h3-6H,7-11H2,1-2H3,(H,19,20). The molecule has 1 fully saturated rings. The monoisotopic (exact) mass is 291 g/mol. The van der Waals surface area contributed by atoms with Crippen LogP contribution in [0, 0.1) is 12.3 Å². The molecule has 1 N–H and O–H groups in total. The van der Waals surface area contributed by atoms with Gasteiger partial charge in [0.1, 0.15) is 5.75 Å². The summed E-state index contributed by atoms with van der Waals surface area (Å²) in [6.45, 7) is 4.66. The van der Waals surface area contributed by atoms with Gasteiger partial charge in [0.25, 0.3) is 5.91 Å². The molecule has 1 aromatic carbocycles. The average Bonchev–Trinajstić information content (AvgIpc) is 2.47. The summed E-state index contributed by atoms with van der Waals surface area (Å²) in [5.74, 6) is -0.213. The molecule has 0 saturated carbocycles. The Morgan fingerprint density at radius 2 is 1.81 bits per heavy atom. The van der Waals surface area contributed by atoms with Crippen molar-refractivity contribution < 1.29 is 19.4 Å². The first-order chi connectivity index (χ1) is 9.90. The maximum absolute atomic E-state index is 12.1. The average molecular weight is 291 g/mol. The predicted molar refractivity (Wildman–Crippen MR) is 78.2 cm³/mol. The topological polar surface area (TPSA) is 66.8 Å². The molecule has 1 aliphatic rings. The van der Waals surface area contributed by atoms with Crippen molar-refractivity contribution in [1.82, 2.24) is 4.90 Å². The van der Waals surface area contributed by atoms with E-state index in [2.05, 4.69) is 0 Å². The van der Waals surface area contributed by atoms with Gasteiger partial charge < -0.3 is 14.7 Å². The molecule has 0 atom stereocenters. The number of benzene rings is 1. The maximum Gasteiger partial charge on any atom is 0.309 e. The first kappa shape index (κ1) is 15.4. The van der Waals surface area contributed by atoms with E-state index < -0.39 is 11.4 Å². The molecule has 21 heavy (non-hydrogen) atoms. The quantitative estimate of drug-likeness (QED) is 0.922. The third kappa shape index (κ3) is 3.74. The van der Waals surface area contributed by atoms with Crippen LogP contribution < -0.4 is 4.74 Å². The number of carbonyl (C=O) groups is 2. The molecule has 1 aliphatic heterocycles. The van der Waals surface area contributed by atoms with Gasteiger partial charge in [0.2, 0.25) is 0 Å². The summed E-state index contributed by atoms with van der Waals surface area (Å²) in [6.07, 6.45) is 0.969. The molecule has 0 spiro atoms. The fourth-order valence-electron chi connectivity index (χ4n) is 2.33. The minimum absolute atomic E-state index is 0.00710. The van der Waals surface area contributed by atoms with E-state index in [0.29, 0.717) is 31.7 Å². The Bertz CT molecular complexity index is 516. The summed E-state index contributed by atoms with van der Waals surface area (Å²) in [6, 6.07) is 7.53. The fraction of sp³-hybridized carbons (Fsp3) is 0.500. The molecule has 5 heteroatoms. The molecule has 0 bridgehead atoms. The summed E-state index contributed by atoms with van der Waals surface area (Å²) < 4.78 is 5.47. The zero-order chi connectivity index (χ0) is 15.5. The second-order valence-electron chi connectivity index (χ2n) is 5.85. The van der Waals surface area contributed by atoms with Gasteiger partial charge in [0.05, 0.1) is 5.41 Å². The fourth-order valence-corrected chi connectivity index (χ4v) is 2.33. The zero-order valence-corrected chi connectivity index (χ0v) is 12.5. The summed E-state index contributed by atoms with van der Waals surface area (Å²) in [7, 11) is 0. The zero-order valence-electron chi connectivity index (χ0n) is 12.5. The van der Waals surface area contributed by atoms with Gasteiger partial charge in [0.15, 0.2) is 6.61 Å². The van der Waals surface area contributed by atoms with Crippen LogP contribution in [0.5, 0.6) is 5.75 Å². The van der Waals surface area contributed by atoms with E-state index in [0.717, 1.165) is 5.56 Å². The molecular weight excluding hydrogens is 270 g/mol. The Morgan fingerprint density at radius 3 is 2.33 bits per heavy atom. The first-order valence-electron chi connectivity index (χ1n) is 7.11. The highest BCUT2D eigenvalue weighted by atomic mass is 16.5. The molecule has 0 aromatic heterocycles. The van der Waals surface area contributed by atoms with Crippen molar-refractivity contribution >= 4 is 11.9 Å². The van der Waals surface area contributed by atoms with Crippen LogP contribution in [0.25, 0.3) is 0 Å². The van der Waals surface area contributed by atoms with Crippen LogP contribution in [-0.4, -0.2) is 41.6 Å². The number of aryl methyl sites for hydroxylation is 1. The SMILES string of the molecule is Cc1ccc(OCC(=O)N2CCC(C)(C(=O)O)CC2)cc1. The number of likely N-dealkylation sites (tertiary alicyclic amines) is 1. The van der Waals surface area contributed by atoms with Gasteiger partial charge in [-0.1, -0.05) is 17.7 Å². The third-order valence-electron chi connectivity index (χ3n) is 4.12. The van der Waals surface area contributed by atoms with Gasteiger partial charge in [0, 0.05) is 13.1 Å². The van der Waals surface area contributed by atoms with E-state index >= 15 is 0 Å². The van der Waals surface area contributed by atoms with Crippen molar-refractivity contribution in [3.8, 4) is 5.75 Å². The Labute approximate surface area is 124 Å². The van der Waals surface area contributed by atoms with E-state index in [4.69, 9.17) is 9.84 Å². The Balaban J connectivity index is 1.82. The number of hydrogen-bond donors (Lipinski definition) is 1. The van der Waals surface area contributed by atoms with Crippen LogP contribution in [-0.2, 0) is 9.59 Å². The Kier molecular flexibility index (Phi) is 4.50. The van der Waals surface area contributed by atoms with Gasteiger partial charge in [-0.3, -0.25) is 9.59 Å². The van der Waals surface area contributed by atoms with Gasteiger partial charge in [-0.2, -0.15) is 0 Å². The Morgan fingerprint density at radius 1 is 1.24 bits per heavy atom. The number of carboxylic acid groups (broad SMARTS) is 1. The highest BCUT2D eigenvalue weighted by molar-refractivity contribution is 5.79. The van der Waals surface area contributed by atoms with E-state index in [-0.39, 0.29) is 12.5 Å². The number of amides is 1. The first-order valence-corrected chi connectivity index (χ1v) is 7.11. The number of carboxylic acids is 1. The van der Waals surface area contributed by atoms with Crippen LogP contribution in [0.15, 0.2) is 24.3 Å². The molecule has 114 valence electrons. The molecule has 1 aromatic rings. The maximum atomic E-state index is 12.1. The van der Waals surface area contributed by atoms with Crippen molar-refractivity contribution in [2.75, 3.05) is 19.7 Å².